The van der Waals surface area contributed by atoms with Gasteiger partial charge in [-0.15, -0.1) is 0 Å². The number of hydrogen-bond donors (Lipinski definition) is 1. The van der Waals surface area contributed by atoms with E-state index in [9.17, 15) is 14.0 Å². The van der Waals surface area contributed by atoms with Crippen molar-refractivity contribution in [1.82, 2.24) is 9.88 Å². The fraction of sp³-hybridized carbons (Fsp3) is 0.200. The number of benzene rings is 1. The molecule has 21 heavy (non-hydrogen) atoms. The highest BCUT2D eigenvalue weighted by Crippen LogP contribution is 2.31. The molecule has 3 rings (SSSR count). The van der Waals surface area contributed by atoms with Crippen LogP contribution in [0.2, 0.25) is 0 Å². The predicted molar refractivity (Wildman–Crippen MR) is 79.8 cm³/mol. The third-order valence-electron chi connectivity index (χ3n) is 3.75. The van der Waals surface area contributed by atoms with Gasteiger partial charge in [0.2, 0.25) is 0 Å². The Bertz CT molecular complexity index is 831. The summed E-state index contributed by atoms with van der Waals surface area (Å²) in [6, 6.07) is 7.49. The van der Waals surface area contributed by atoms with E-state index in [2.05, 4.69) is 21.2 Å². The molecule has 1 atom stereocenters. The lowest BCUT2D eigenvalue weighted by atomic mass is 10.0. The monoisotopic (exact) mass is 350 g/mol. The van der Waals surface area contributed by atoms with Gasteiger partial charge in [-0.2, -0.15) is 0 Å². The third-order valence-corrected chi connectivity index (χ3v) is 4.32. The molecule has 0 bridgehead atoms. The third kappa shape index (κ3) is 1.93. The summed E-state index contributed by atoms with van der Waals surface area (Å²) in [5, 5.41) is 2.78. The molecule has 0 radical (unpaired) electrons. The van der Waals surface area contributed by atoms with Crippen molar-refractivity contribution >= 4 is 21.8 Å². The van der Waals surface area contributed by atoms with Gasteiger partial charge in [-0.3, -0.25) is 14.2 Å². The molecule has 0 spiro atoms. The number of aromatic nitrogens is 1. The number of aryl methyl sites for hydroxylation is 1. The maximum absolute atomic E-state index is 13.5. The van der Waals surface area contributed by atoms with Crippen LogP contribution in [-0.2, 0) is 5.66 Å². The molecule has 0 saturated carbocycles. The Labute approximate surface area is 128 Å². The van der Waals surface area contributed by atoms with Gasteiger partial charge >= 0.3 is 0 Å². The summed E-state index contributed by atoms with van der Waals surface area (Å²) in [4.78, 5) is 24.7. The smallest absolute Gasteiger partial charge is 0.270 e. The zero-order valence-electron chi connectivity index (χ0n) is 11.4. The minimum atomic E-state index is -1.11. The van der Waals surface area contributed by atoms with Crippen molar-refractivity contribution in [1.29, 1.82) is 0 Å². The van der Waals surface area contributed by atoms with Gasteiger partial charge < -0.3 is 5.32 Å². The molecule has 1 aliphatic rings. The maximum Gasteiger partial charge on any atom is 0.270 e. The van der Waals surface area contributed by atoms with Crippen LogP contribution in [0.5, 0.6) is 0 Å². The largest absolute Gasteiger partial charge is 0.324 e. The number of amides is 1. The fourth-order valence-electron chi connectivity index (χ4n) is 2.74. The number of nitrogens with zero attached hydrogens (tertiary/aromatic N) is 1. The normalized spacial score (nSPS) is 20.3. The van der Waals surface area contributed by atoms with Gasteiger partial charge in [0.1, 0.15) is 17.2 Å². The predicted octanol–water partition coefficient (Wildman–Crippen LogP) is 2.52. The van der Waals surface area contributed by atoms with E-state index in [4.69, 9.17) is 0 Å². The summed E-state index contributed by atoms with van der Waals surface area (Å²) in [6.07, 6.45) is 0. The molecule has 4 nitrogen and oxygen atoms in total. The van der Waals surface area contributed by atoms with Crippen molar-refractivity contribution in [3.8, 4) is 0 Å². The minimum Gasteiger partial charge on any atom is -0.324 e. The molecule has 6 heteroatoms. The van der Waals surface area contributed by atoms with Gasteiger partial charge in [0.25, 0.3) is 11.5 Å². The first-order chi connectivity index (χ1) is 9.84. The number of rotatable bonds is 1. The molecule has 108 valence electrons. The van der Waals surface area contributed by atoms with Crippen molar-refractivity contribution in [2.45, 2.75) is 19.5 Å². The number of nitrogens with one attached hydrogen (secondary N) is 1. The highest BCUT2D eigenvalue weighted by Gasteiger charge is 2.42. The SMILES string of the molecule is Cc1cc(Br)c(=O)n2c1C(=O)NC2(C)c1cccc(F)c1. The first kappa shape index (κ1) is 14.0. The van der Waals surface area contributed by atoms with Crippen LogP contribution in [0.1, 0.15) is 28.5 Å². The average Bonchev–Trinajstić information content (AvgIpc) is 2.69. The Morgan fingerprint density at radius 2 is 2.00 bits per heavy atom. The van der Waals surface area contributed by atoms with Gasteiger partial charge in [-0.05, 0) is 53.5 Å². The molecule has 1 aliphatic heterocycles. The minimum absolute atomic E-state index is 0.301. The van der Waals surface area contributed by atoms with Crippen LogP contribution >= 0.6 is 15.9 Å². The molecule has 1 aromatic carbocycles. The molecule has 1 aromatic heterocycles. The topological polar surface area (TPSA) is 51.1 Å². The van der Waals surface area contributed by atoms with E-state index in [1.165, 1.54) is 16.7 Å². The standard InChI is InChI=1S/C15H12BrFN2O2/c1-8-6-11(16)14(21)19-12(8)13(20)18-15(19,2)9-4-3-5-10(17)7-9/h3-7H,1-2H3,(H,18,20). The fourth-order valence-corrected chi connectivity index (χ4v) is 3.26. The van der Waals surface area contributed by atoms with E-state index < -0.39 is 11.5 Å². The zero-order valence-corrected chi connectivity index (χ0v) is 13.0. The number of fused-ring (bicyclic) bond motifs is 1. The molecule has 0 aliphatic carbocycles. The number of carbonyl (C=O) groups excluding carboxylic acids is 1. The summed E-state index contributed by atoms with van der Waals surface area (Å²) in [5.74, 6) is -0.764. The zero-order chi connectivity index (χ0) is 15.4. The van der Waals surface area contributed by atoms with Gasteiger partial charge in [-0.1, -0.05) is 12.1 Å². The highest BCUT2D eigenvalue weighted by atomic mass is 79.9. The Kier molecular flexibility index (Phi) is 3.02. The van der Waals surface area contributed by atoms with E-state index in [1.807, 2.05) is 0 Å². The van der Waals surface area contributed by atoms with Gasteiger partial charge in [0, 0.05) is 5.56 Å². The lowest BCUT2D eigenvalue weighted by molar-refractivity contribution is 0.0941. The van der Waals surface area contributed by atoms with Crippen LogP contribution in [0, 0.1) is 12.7 Å². The number of hydrogen-bond acceptors (Lipinski definition) is 2. The van der Waals surface area contributed by atoms with Crippen LogP contribution in [0.25, 0.3) is 0 Å². The summed E-state index contributed by atoms with van der Waals surface area (Å²) >= 11 is 3.21. The molecule has 2 aromatic rings. The van der Waals surface area contributed by atoms with Gasteiger partial charge in [0.15, 0.2) is 0 Å². The van der Waals surface area contributed by atoms with Crippen molar-refractivity contribution in [2.24, 2.45) is 0 Å². The molecule has 1 N–H and O–H groups in total. The van der Waals surface area contributed by atoms with Crippen LogP contribution < -0.4 is 10.9 Å². The number of pyridine rings is 1. The van der Waals surface area contributed by atoms with E-state index in [0.717, 1.165) is 0 Å². The van der Waals surface area contributed by atoms with Crippen molar-refractivity contribution in [2.75, 3.05) is 0 Å². The van der Waals surface area contributed by atoms with E-state index >= 15 is 0 Å². The quantitative estimate of drug-likeness (QED) is 0.859. The summed E-state index contributed by atoms with van der Waals surface area (Å²) < 4.78 is 15.3. The van der Waals surface area contributed by atoms with Gasteiger partial charge in [-0.25, -0.2) is 4.39 Å². The Balaban J connectivity index is 2.36. The van der Waals surface area contributed by atoms with Crippen molar-refractivity contribution in [3.05, 3.63) is 67.8 Å². The van der Waals surface area contributed by atoms with E-state index in [0.29, 0.717) is 21.3 Å². The first-order valence-corrected chi connectivity index (χ1v) is 7.15. The summed E-state index contributed by atoms with van der Waals surface area (Å²) in [7, 11) is 0. The summed E-state index contributed by atoms with van der Waals surface area (Å²) in [5.41, 5.74) is 0.0455. The van der Waals surface area contributed by atoms with Crippen LogP contribution in [0.15, 0.2) is 39.6 Å². The van der Waals surface area contributed by atoms with E-state index in [1.54, 1.807) is 32.0 Å². The average molecular weight is 351 g/mol. The lowest BCUT2D eigenvalue weighted by Crippen LogP contribution is -2.45. The Hall–Kier alpha value is -1.95. The summed E-state index contributed by atoms with van der Waals surface area (Å²) in [6.45, 7) is 3.44. The second kappa shape index (κ2) is 4.53. The van der Waals surface area contributed by atoms with Crippen LogP contribution in [0.3, 0.4) is 0 Å². The molecular formula is C15H12BrFN2O2. The van der Waals surface area contributed by atoms with E-state index in [-0.39, 0.29) is 11.5 Å². The molecule has 1 amide bonds. The molecular weight excluding hydrogens is 339 g/mol. The second-order valence-electron chi connectivity index (χ2n) is 5.20. The van der Waals surface area contributed by atoms with Crippen LogP contribution in [0.4, 0.5) is 4.39 Å². The maximum atomic E-state index is 13.5. The van der Waals surface area contributed by atoms with Crippen LogP contribution in [-0.4, -0.2) is 10.5 Å². The molecule has 2 heterocycles. The molecule has 0 saturated heterocycles. The highest BCUT2D eigenvalue weighted by molar-refractivity contribution is 9.10. The first-order valence-electron chi connectivity index (χ1n) is 6.36. The molecule has 0 fully saturated rings. The Morgan fingerprint density at radius 1 is 1.29 bits per heavy atom. The molecule has 1 unspecified atom stereocenters. The lowest BCUT2D eigenvalue weighted by Gasteiger charge is -2.28. The van der Waals surface area contributed by atoms with Gasteiger partial charge in [0.05, 0.1) is 4.47 Å². The number of halogens is 2. The second-order valence-corrected chi connectivity index (χ2v) is 6.06. The van der Waals surface area contributed by atoms with Crippen molar-refractivity contribution < 1.29 is 9.18 Å². The van der Waals surface area contributed by atoms with Crippen molar-refractivity contribution in [3.63, 3.8) is 0 Å². The number of carbonyl (C=O) groups is 1. The Morgan fingerprint density at radius 3 is 2.67 bits per heavy atom.